The molecule has 0 aromatic heterocycles. The van der Waals surface area contributed by atoms with Gasteiger partial charge in [-0.3, -0.25) is 43.2 Å². The van der Waals surface area contributed by atoms with Crippen molar-refractivity contribution in [3.8, 4) is 0 Å². The Morgan fingerprint density at radius 2 is 0.771 bits per heavy atom. The lowest BCUT2D eigenvalue weighted by atomic mass is 10.1. The first kappa shape index (κ1) is 108. The van der Waals surface area contributed by atoms with Gasteiger partial charge in [-0.05, 0) is 33.1 Å². The van der Waals surface area contributed by atoms with Crippen molar-refractivity contribution in [2.24, 2.45) is 11.8 Å². The zero-order chi connectivity index (χ0) is 92.8. The summed E-state index contributed by atoms with van der Waals surface area (Å²) in [6.45, 7) is 5.97. The molecule has 10 saturated heterocycles. The van der Waals surface area contributed by atoms with E-state index in [1.54, 1.807) is 0 Å². The molecule has 0 aromatic rings. The summed E-state index contributed by atoms with van der Waals surface area (Å²) >= 11 is 0. The topological polar surface area (TPSA) is 725 Å². The van der Waals surface area contributed by atoms with Gasteiger partial charge in [-0.2, -0.15) is 145 Å². The van der Waals surface area contributed by atoms with Crippen molar-refractivity contribution in [2.75, 3.05) is 28.8 Å². The lowest BCUT2D eigenvalue weighted by Gasteiger charge is -2.33. The minimum atomic E-state index is -6.40. The fourth-order valence-corrected chi connectivity index (χ4v) is 17.5. The van der Waals surface area contributed by atoms with Gasteiger partial charge in [0.05, 0.1) is 77.8 Å². The van der Waals surface area contributed by atoms with Crippen LogP contribution in [0.5, 0.6) is 0 Å². The van der Waals surface area contributed by atoms with Gasteiger partial charge in [-0.1, -0.05) is 19.9 Å². The third-order valence-corrected chi connectivity index (χ3v) is 27.7. The van der Waals surface area contributed by atoms with Crippen molar-refractivity contribution in [2.45, 2.75) is 142 Å². The molecule has 0 spiro atoms. The molecule has 0 bridgehead atoms. The molecular formula is C46H52F12O48S12. The molecular weight excluding hydrogens is 1930 g/mol. The second-order valence-corrected chi connectivity index (χ2v) is 42.4. The Labute approximate surface area is 656 Å². The maximum atomic E-state index is 12.3. The maximum absolute atomic E-state index is 12.3. The van der Waals surface area contributed by atoms with Crippen LogP contribution in [0.2, 0.25) is 0 Å². The molecule has 0 aliphatic carbocycles. The minimum Gasteiger partial charge on any atom is -0.346 e. The van der Waals surface area contributed by atoms with E-state index in [1.807, 2.05) is 0 Å². The van der Waals surface area contributed by atoms with Gasteiger partial charge in [0.1, 0.15) is 22.4 Å². The molecule has 0 saturated carbocycles. The van der Waals surface area contributed by atoms with Gasteiger partial charge in [0.2, 0.25) is 5.50 Å². The van der Waals surface area contributed by atoms with Crippen LogP contribution in [0.25, 0.3) is 0 Å². The van der Waals surface area contributed by atoms with Crippen LogP contribution in [0.4, 0.5) is 52.7 Å². The summed E-state index contributed by atoms with van der Waals surface area (Å²) in [4.78, 5) is 123. The number of carbonyl (C=O) groups is 12. The molecule has 72 heteroatoms. The second-order valence-electron chi connectivity index (χ2n) is 22.5. The third kappa shape index (κ3) is 32.3. The highest BCUT2D eigenvalue weighted by atomic mass is 32.3. The van der Waals surface area contributed by atoms with Crippen LogP contribution in [0, 0.1) is 11.8 Å². The largest absolute Gasteiger partial charge is 0.454 e. The van der Waals surface area contributed by atoms with Gasteiger partial charge in [0.25, 0.3) is 0 Å². The lowest BCUT2D eigenvalue weighted by molar-refractivity contribution is -0.286. The SMILES string of the molecule is CC1C(=O)OS(=O)(=O)C1C.CC1CC(=O)OS1(=O)=O.CC1CS(=O)(=O)OC1=O.O=C1C=CS(=O)(=O)O1.O=C1CC(F)CS(=O)(=O)O1.O=C1CC(F)S(=O)(=O)O1.O=C1CC=CS(=O)(=O)O1.O=C1CCCCS(=O)(=O)O1.O=C1CCCS(=O)(=O)O1.O=C1CCS(=O)(=O)O1.O=C1OS(=O)(=O)C(F)(F)C(F)(F)C1(F)F.O=C1OS(=O)(=O)C(F)(F)C1(F)F. The molecule has 12 aliphatic heterocycles. The normalized spacial score (nSPS) is 29.2. The predicted molar refractivity (Wildman–Crippen MR) is 341 cm³/mol. The van der Waals surface area contributed by atoms with Crippen molar-refractivity contribution in [3.05, 3.63) is 23.0 Å². The van der Waals surface area contributed by atoms with Crippen LogP contribution in [0.1, 0.15) is 91.9 Å². The Bertz CT molecular complexity index is 5380. The number of rotatable bonds is 0. The van der Waals surface area contributed by atoms with Crippen molar-refractivity contribution in [1.82, 2.24) is 0 Å². The molecule has 6 atom stereocenters. The highest BCUT2D eigenvalue weighted by Gasteiger charge is 2.86. The average Bonchev–Trinajstić information content (AvgIpc) is 0.992. The summed E-state index contributed by atoms with van der Waals surface area (Å²) in [5, 5.41) is -11.4. The van der Waals surface area contributed by atoms with Gasteiger partial charge in [0.15, 0.2) is 0 Å². The Hall–Kier alpha value is -8.32. The smallest absolute Gasteiger partial charge is 0.346 e. The number of alkyl halides is 12. The van der Waals surface area contributed by atoms with Gasteiger partial charge < -0.3 is 50.2 Å². The van der Waals surface area contributed by atoms with Crippen LogP contribution in [0.15, 0.2) is 23.0 Å². The number of carbonyl (C=O) groups excluding carboxylic acids is 12. The van der Waals surface area contributed by atoms with Gasteiger partial charge in [-0.25, -0.2) is 23.2 Å². The average molecular weight is 1990 g/mol. The molecule has 48 nitrogen and oxygen atoms in total. The molecule has 0 radical (unpaired) electrons. The summed E-state index contributed by atoms with van der Waals surface area (Å²) in [6.07, 6.45) is 1.36. The molecule has 0 amide bonds. The second kappa shape index (κ2) is 39.5. The molecule has 12 heterocycles. The molecule has 12 rings (SSSR count). The zero-order valence-electron chi connectivity index (χ0n) is 57.9. The van der Waals surface area contributed by atoms with Crippen molar-refractivity contribution < 1.29 is 261 Å². The highest BCUT2D eigenvalue weighted by molar-refractivity contribution is 7.91. The fraction of sp³-hybridized carbons (Fsp3) is 0.652. The van der Waals surface area contributed by atoms with Crippen LogP contribution in [-0.2, 0) is 229 Å². The Kier molecular flexibility index (Phi) is 36.0. The van der Waals surface area contributed by atoms with Crippen molar-refractivity contribution in [1.29, 1.82) is 0 Å². The van der Waals surface area contributed by atoms with Gasteiger partial charge in [0, 0.05) is 18.9 Å². The third-order valence-electron chi connectivity index (χ3n) is 12.8. The van der Waals surface area contributed by atoms with E-state index in [1.165, 1.54) is 33.8 Å². The Morgan fingerprint density at radius 1 is 0.356 bits per heavy atom. The number of hydrogen-bond donors (Lipinski definition) is 0. The molecule has 6 unspecified atom stereocenters. The molecule has 680 valence electrons. The molecule has 0 aromatic carbocycles. The highest BCUT2D eigenvalue weighted by Crippen LogP contribution is 2.53. The first-order chi connectivity index (χ1) is 52.5. The zero-order valence-corrected chi connectivity index (χ0v) is 67.7. The van der Waals surface area contributed by atoms with E-state index in [-0.39, 0.29) is 55.1 Å². The summed E-state index contributed by atoms with van der Waals surface area (Å²) < 4.78 is 439. The van der Waals surface area contributed by atoms with Crippen LogP contribution in [0.3, 0.4) is 0 Å². The standard InChI is InChI=1S/2C5H8O4S.C4F6O4S.C4H5FO4S.3C4H6O4S.C4H4O4S.C3F4O4S.C3H3FO4S.C3H4O4S.C3H2O4S/c1-3-4(2)10(7,8)9-5(3)6;6-5-3-1-2-4-10(7,8)9-5;5-2(6)1(11)14-15(12,13)4(9,10)3(2,7)8;5-3-1-4(6)9-10(7,8)2-3;1-3-2-9(6,7)8-4(3)5;1-3-2-4(5)8-9(3,6)7;2*5-4-2-1-3-9(6,7)8-4;4-2(5)1(8)11-12(9,10)3(2,6)7;4-2-1-3(5)8-9(2,6)7;2*4-3-1-2-8(5,6)7-3/h3-4H,1-2H3;1-4H2;;3H,1-2H2;2*3H,2H2,1H3;1-3H2;1,3H,2H2;;2H,1H2;1-2H2;1-2H. The van der Waals surface area contributed by atoms with E-state index in [0.29, 0.717) is 19.3 Å². The summed E-state index contributed by atoms with van der Waals surface area (Å²) in [5.74, 6) is -33.1. The van der Waals surface area contributed by atoms with Crippen LogP contribution in [-0.4, -0.2) is 252 Å². The summed E-state index contributed by atoms with van der Waals surface area (Å²) in [6, 6.07) is 0. The molecule has 118 heavy (non-hydrogen) atoms. The van der Waals surface area contributed by atoms with E-state index >= 15 is 0 Å². The minimum absolute atomic E-state index is 0.00231. The van der Waals surface area contributed by atoms with Crippen LogP contribution < -0.4 is 0 Å². The van der Waals surface area contributed by atoms with E-state index in [4.69, 9.17) is 0 Å². The van der Waals surface area contributed by atoms with Crippen molar-refractivity contribution in [3.63, 3.8) is 0 Å². The number of hydrogen-bond acceptors (Lipinski definition) is 48. The quantitative estimate of drug-likeness (QED) is 0.174. The van der Waals surface area contributed by atoms with E-state index in [9.17, 15) is 211 Å². The first-order valence-corrected chi connectivity index (χ1v) is 47.7. The Balaban J connectivity index is 0.000000646. The molecule has 0 N–H and O–H groups in total. The maximum Gasteiger partial charge on any atom is 0.454 e. The molecule has 10 fully saturated rings. The van der Waals surface area contributed by atoms with Gasteiger partial charge >= 0.3 is 221 Å². The van der Waals surface area contributed by atoms with Crippen molar-refractivity contribution >= 4 is 193 Å². The monoisotopic (exact) mass is 1980 g/mol. The fourth-order valence-electron chi connectivity index (χ4n) is 6.77. The number of halogens is 12. The summed E-state index contributed by atoms with van der Waals surface area (Å²) in [7, 11) is -48.6. The summed E-state index contributed by atoms with van der Waals surface area (Å²) in [5.41, 5.74) is -2.16. The predicted octanol–water partition coefficient (Wildman–Crippen LogP) is -2.82. The Morgan fingerprint density at radius 3 is 1.02 bits per heavy atom. The van der Waals surface area contributed by atoms with Crippen LogP contribution >= 0.6 is 0 Å². The van der Waals surface area contributed by atoms with E-state index in [0.717, 1.165) is 16.9 Å². The molecule has 12 aliphatic rings. The van der Waals surface area contributed by atoms with E-state index in [2.05, 4.69) is 50.2 Å². The van der Waals surface area contributed by atoms with Gasteiger partial charge in [-0.15, -0.1) is 0 Å². The van der Waals surface area contributed by atoms with E-state index < -0.39 is 274 Å². The first-order valence-electron chi connectivity index (χ1n) is 29.6. The lowest BCUT2D eigenvalue weighted by Crippen LogP contribution is -2.66.